The molecular weight excluding hydrogens is 322 g/mol. The molecule has 1 aromatic heterocycles. The lowest BCUT2D eigenvalue weighted by Gasteiger charge is -2.22. The molecule has 0 aliphatic carbocycles. The van der Waals surface area contributed by atoms with Crippen molar-refractivity contribution < 1.29 is 4.58 Å². The standard InChI is InChI=1S/C23H22NS/c1-4-15-23(2)21(14-12-18-9-7-16-25-18)24(3)20-13-11-17-8-5-6-10-19(17)22(20)23/h4-14,16H,1,15H2,2-3H3/q+1/b14-12+. The van der Waals surface area contributed by atoms with E-state index in [0.29, 0.717) is 0 Å². The van der Waals surface area contributed by atoms with Crippen molar-refractivity contribution in [1.29, 1.82) is 0 Å². The Hall–Kier alpha value is -2.45. The summed E-state index contributed by atoms with van der Waals surface area (Å²) in [6.07, 6.45) is 7.47. The minimum atomic E-state index is -0.0690. The average Bonchev–Trinajstić information content (AvgIpc) is 3.20. The first-order valence-corrected chi connectivity index (χ1v) is 9.49. The predicted octanol–water partition coefficient (Wildman–Crippen LogP) is 6.18. The molecule has 2 heteroatoms. The largest absolute Gasteiger partial charge is 0.210 e. The molecule has 2 aromatic carbocycles. The van der Waals surface area contributed by atoms with Crippen LogP contribution in [-0.2, 0) is 5.41 Å². The van der Waals surface area contributed by atoms with Crippen molar-refractivity contribution in [2.24, 2.45) is 0 Å². The molecule has 0 N–H and O–H groups in total. The molecule has 1 aliphatic heterocycles. The molecule has 0 amide bonds. The Bertz CT molecular complexity index is 1010. The van der Waals surface area contributed by atoms with Gasteiger partial charge in [-0.2, -0.15) is 4.58 Å². The van der Waals surface area contributed by atoms with Crippen LogP contribution in [0.25, 0.3) is 16.8 Å². The van der Waals surface area contributed by atoms with E-state index in [2.05, 4.69) is 91.2 Å². The van der Waals surface area contributed by atoms with Crippen LogP contribution in [-0.4, -0.2) is 17.3 Å². The number of benzene rings is 2. The molecule has 0 saturated carbocycles. The molecule has 0 saturated heterocycles. The van der Waals surface area contributed by atoms with E-state index in [0.717, 1.165) is 6.42 Å². The van der Waals surface area contributed by atoms with Gasteiger partial charge >= 0.3 is 0 Å². The van der Waals surface area contributed by atoms with Crippen LogP contribution in [0.5, 0.6) is 0 Å². The second kappa shape index (κ2) is 6.12. The Balaban J connectivity index is 1.94. The van der Waals surface area contributed by atoms with Crippen LogP contribution < -0.4 is 0 Å². The lowest BCUT2D eigenvalue weighted by atomic mass is 9.74. The van der Waals surface area contributed by atoms with Gasteiger partial charge in [0.2, 0.25) is 5.69 Å². The first-order valence-electron chi connectivity index (χ1n) is 8.61. The third kappa shape index (κ3) is 2.49. The summed E-state index contributed by atoms with van der Waals surface area (Å²) >= 11 is 1.77. The zero-order valence-corrected chi connectivity index (χ0v) is 15.5. The van der Waals surface area contributed by atoms with Crippen molar-refractivity contribution in [2.75, 3.05) is 7.05 Å². The summed E-state index contributed by atoms with van der Waals surface area (Å²) in [5, 5.41) is 4.76. The average molecular weight is 345 g/mol. The van der Waals surface area contributed by atoms with Crippen LogP contribution in [0.1, 0.15) is 23.8 Å². The number of nitrogens with zero attached hydrogens (tertiary/aromatic N) is 1. The van der Waals surface area contributed by atoms with Gasteiger partial charge in [0.15, 0.2) is 5.71 Å². The maximum atomic E-state index is 4.04. The first-order chi connectivity index (χ1) is 12.1. The fraction of sp³-hybridized carbons (Fsp3) is 0.174. The minimum absolute atomic E-state index is 0.0690. The van der Waals surface area contributed by atoms with E-state index < -0.39 is 0 Å². The molecule has 1 nitrogen and oxygen atoms in total. The van der Waals surface area contributed by atoms with E-state index in [1.807, 2.05) is 6.08 Å². The van der Waals surface area contributed by atoms with E-state index in [1.165, 1.54) is 32.6 Å². The number of rotatable bonds is 4. The highest BCUT2D eigenvalue weighted by Gasteiger charge is 2.46. The number of hydrogen-bond donors (Lipinski definition) is 0. The summed E-state index contributed by atoms with van der Waals surface area (Å²) in [7, 11) is 2.18. The number of hydrogen-bond acceptors (Lipinski definition) is 1. The summed E-state index contributed by atoms with van der Waals surface area (Å²) in [6, 6.07) is 17.4. The minimum Gasteiger partial charge on any atom is -0.198 e. The summed E-state index contributed by atoms with van der Waals surface area (Å²) in [4.78, 5) is 1.28. The second-order valence-electron chi connectivity index (χ2n) is 6.80. The maximum Gasteiger partial charge on any atom is 0.210 e. The molecule has 1 aliphatic rings. The van der Waals surface area contributed by atoms with Crippen molar-refractivity contribution >= 4 is 39.6 Å². The molecule has 0 radical (unpaired) electrons. The second-order valence-corrected chi connectivity index (χ2v) is 7.78. The molecule has 0 fully saturated rings. The Labute approximate surface area is 153 Å². The van der Waals surface area contributed by atoms with Gasteiger partial charge in [-0.15, -0.1) is 17.9 Å². The number of fused-ring (bicyclic) bond motifs is 3. The summed E-state index contributed by atoms with van der Waals surface area (Å²) in [5.41, 5.74) is 3.97. The van der Waals surface area contributed by atoms with Gasteiger partial charge in [0.05, 0.1) is 5.41 Å². The van der Waals surface area contributed by atoms with E-state index in [9.17, 15) is 0 Å². The van der Waals surface area contributed by atoms with Gasteiger partial charge in [-0.3, -0.25) is 0 Å². The van der Waals surface area contributed by atoms with Crippen LogP contribution in [0.4, 0.5) is 5.69 Å². The van der Waals surface area contributed by atoms with Gasteiger partial charge in [0, 0.05) is 22.6 Å². The van der Waals surface area contributed by atoms with Gasteiger partial charge < -0.3 is 0 Å². The molecular formula is C23H22NS+. The van der Waals surface area contributed by atoms with E-state index in [-0.39, 0.29) is 5.41 Å². The van der Waals surface area contributed by atoms with E-state index >= 15 is 0 Å². The molecule has 4 rings (SSSR count). The normalized spacial score (nSPS) is 19.8. The molecule has 25 heavy (non-hydrogen) atoms. The highest BCUT2D eigenvalue weighted by molar-refractivity contribution is 7.10. The van der Waals surface area contributed by atoms with Crippen LogP contribution in [0.3, 0.4) is 0 Å². The molecule has 0 bridgehead atoms. The Kier molecular flexibility index (Phi) is 3.93. The fourth-order valence-electron chi connectivity index (χ4n) is 4.09. The Morgan fingerprint density at radius 1 is 1.08 bits per heavy atom. The smallest absolute Gasteiger partial charge is 0.198 e. The van der Waals surface area contributed by atoms with Crippen LogP contribution in [0.2, 0.25) is 0 Å². The third-order valence-electron chi connectivity index (χ3n) is 5.25. The lowest BCUT2D eigenvalue weighted by Crippen LogP contribution is -2.30. The number of allylic oxidation sites excluding steroid dienone is 2. The molecule has 124 valence electrons. The van der Waals surface area contributed by atoms with Crippen LogP contribution >= 0.6 is 11.3 Å². The monoisotopic (exact) mass is 344 g/mol. The Morgan fingerprint density at radius 2 is 1.92 bits per heavy atom. The third-order valence-corrected chi connectivity index (χ3v) is 6.09. The topological polar surface area (TPSA) is 3.01 Å². The van der Waals surface area contributed by atoms with Crippen molar-refractivity contribution in [3.63, 3.8) is 0 Å². The van der Waals surface area contributed by atoms with Gasteiger partial charge in [0.1, 0.15) is 7.05 Å². The van der Waals surface area contributed by atoms with Gasteiger partial charge in [-0.1, -0.05) is 36.4 Å². The molecule has 3 aromatic rings. The van der Waals surface area contributed by atoms with Crippen LogP contribution in [0.15, 0.2) is 72.6 Å². The fourth-order valence-corrected chi connectivity index (χ4v) is 4.70. The van der Waals surface area contributed by atoms with E-state index in [4.69, 9.17) is 0 Å². The first kappa shape index (κ1) is 16.0. The molecule has 1 atom stereocenters. The molecule has 2 heterocycles. The number of thiophene rings is 1. The van der Waals surface area contributed by atoms with E-state index in [1.54, 1.807) is 11.3 Å². The summed E-state index contributed by atoms with van der Waals surface area (Å²) < 4.78 is 2.34. The SMILES string of the molecule is C=CCC1(C)C(/C=C/c2cccs2)=[N+](C)c2ccc3ccccc3c21. The highest BCUT2D eigenvalue weighted by atomic mass is 32.1. The quantitative estimate of drug-likeness (QED) is 0.393. The maximum absolute atomic E-state index is 4.04. The van der Waals surface area contributed by atoms with Crippen molar-refractivity contribution in [3.8, 4) is 0 Å². The zero-order valence-electron chi connectivity index (χ0n) is 14.7. The van der Waals surface area contributed by atoms with Crippen molar-refractivity contribution in [1.82, 2.24) is 0 Å². The predicted molar refractivity (Wildman–Crippen MR) is 110 cm³/mol. The van der Waals surface area contributed by atoms with Gasteiger partial charge in [-0.25, -0.2) is 0 Å². The summed E-state index contributed by atoms with van der Waals surface area (Å²) in [5.74, 6) is 0. The highest BCUT2D eigenvalue weighted by Crippen LogP contribution is 2.46. The van der Waals surface area contributed by atoms with Gasteiger partial charge in [0.25, 0.3) is 0 Å². The summed E-state index contributed by atoms with van der Waals surface area (Å²) in [6.45, 7) is 6.38. The van der Waals surface area contributed by atoms with Crippen molar-refractivity contribution in [2.45, 2.75) is 18.8 Å². The molecule has 1 unspecified atom stereocenters. The Morgan fingerprint density at radius 3 is 2.68 bits per heavy atom. The van der Waals surface area contributed by atoms with Crippen molar-refractivity contribution in [3.05, 3.63) is 83.1 Å². The molecule has 0 spiro atoms. The van der Waals surface area contributed by atoms with Gasteiger partial charge in [-0.05, 0) is 47.7 Å². The lowest BCUT2D eigenvalue weighted by molar-refractivity contribution is -0.401. The van der Waals surface area contributed by atoms with Crippen LogP contribution in [0, 0.1) is 0 Å². The zero-order chi connectivity index (χ0) is 17.4.